The first-order chi connectivity index (χ1) is 16.5. The van der Waals surface area contributed by atoms with Crippen LogP contribution in [0.3, 0.4) is 0 Å². The Kier molecular flexibility index (Phi) is 4.97. The number of carbonyl (C=O) groups is 1. The number of aromatic amines is 1. The molecule has 2 atom stereocenters. The third-order valence-corrected chi connectivity index (χ3v) is 7.82. The fourth-order valence-electron chi connectivity index (χ4n) is 5.04. The number of Topliss-reactive ketones (excluding diaryl/α,β-unsaturated/α-hetero) is 1. The van der Waals surface area contributed by atoms with Crippen molar-refractivity contribution < 1.29 is 9.90 Å². The van der Waals surface area contributed by atoms with E-state index in [2.05, 4.69) is 16.5 Å². The molecule has 8 heteroatoms. The molecule has 6 rings (SSSR count). The lowest BCUT2D eigenvalue weighted by atomic mass is 9.73. The maximum Gasteiger partial charge on any atom is 0.277 e. The van der Waals surface area contributed by atoms with Gasteiger partial charge in [0.2, 0.25) is 0 Å². The molecular formula is C26H20ClN3O3S. The van der Waals surface area contributed by atoms with Crippen LogP contribution in [0.4, 0.5) is 5.82 Å². The Bertz CT molecular complexity index is 1500. The third-order valence-electron chi connectivity index (χ3n) is 6.55. The van der Waals surface area contributed by atoms with Gasteiger partial charge < -0.3 is 10.4 Å². The summed E-state index contributed by atoms with van der Waals surface area (Å²) in [7, 11) is 0. The van der Waals surface area contributed by atoms with Crippen LogP contribution in [0.1, 0.15) is 40.7 Å². The quantitative estimate of drug-likeness (QED) is 0.352. The minimum absolute atomic E-state index is 0.00542. The molecule has 2 aromatic carbocycles. The highest BCUT2D eigenvalue weighted by Crippen LogP contribution is 2.49. The molecule has 3 N–H and O–H groups in total. The highest BCUT2D eigenvalue weighted by atomic mass is 35.5. The summed E-state index contributed by atoms with van der Waals surface area (Å²) < 4.78 is 1.46. The SMILES string of the molecule is O=C1C[C@H](c2cccs2)CC2=C1[C@H](c1cc(Cl)ccc1O)c1c([nH]n(-c3ccccc3)c1=O)N2. The van der Waals surface area contributed by atoms with Gasteiger partial charge in [-0.1, -0.05) is 35.9 Å². The number of fused-ring (bicyclic) bond motifs is 1. The van der Waals surface area contributed by atoms with Crippen LogP contribution < -0.4 is 10.9 Å². The predicted molar refractivity (Wildman–Crippen MR) is 133 cm³/mol. The van der Waals surface area contributed by atoms with Crippen LogP contribution in [-0.4, -0.2) is 20.7 Å². The van der Waals surface area contributed by atoms with Crippen molar-refractivity contribution >= 4 is 34.5 Å². The van der Waals surface area contributed by atoms with E-state index in [1.165, 1.54) is 10.7 Å². The molecule has 34 heavy (non-hydrogen) atoms. The standard InChI is InChI=1S/C26H20ClN3O3S/c27-15-8-9-19(31)17(13-15)22-23-18(11-14(12-20(23)32)21-7-4-10-34-21)28-25-24(22)26(33)30(29-25)16-5-2-1-3-6-16/h1-10,13-14,22,28-29,31H,11-12H2/t14-,22+/m1/s1. The van der Waals surface area contributed by atoms with Gasteiger partial charge in [0.15, 0.2) is 5.78 Å². The number of nitrogens with zero attached hydrogens (tertiary/aromatic N) is 1. The summed E-state index contributed by atoms with van der Waals surface area (Å²) in [4.78, 5) is 28.4. The van der Waals surface area contributed by atoms with Gasteiger partial charge in [-0.2, -0.15) is 0 Å². The zero-order chi connectivity index (χ0) is 23.4. The first-order valence-electron chi connectivity index (χ1n) is 11.0. The number of carbonyl (C=O) groups excluding carboxylic acids is 1. The van der Waals surface area contributed by atoms with E-state index in [1.54, 1.807) is 23.5 Å². The van der Waals surface area contributed by atoms with Gasteiger partial charge >= 0.3 is 0 Å². The minimum Gasteiger partial charge on any atom is -0.508 e. The Balaban J connectivity index is 1.56. The largest absolute Gasteiger partial charge is 0.508 e. The van der Waals surface area contributed by atoms with Crippen LogP contribution in [0.25, 0.3) is 5.69 Å². The number of aromatic hydroxyl groups is 1. The van der Waals surface area contributed by atoms with Crippen molar-refractivity contribution in [3.8, 4) is 11.4 Å². The number of thiophene rings is 1. The second-order valence-electron chi connectivity index (χ2n) is 8.57. The average molecular weight is 490 g/mol. The number of rotatable bonds is 3. The maximum absolute atomic E-state index is 13.7. The number of phenolic OH excluding ortho intramolecular Hbond substituents is 1. The summed E-state index contributed by atoms with van der Waals surface area (Å²) in [6, 6.07) is 18.0. The van der Waals surface area contributed by atoms with Crippen LogP contribution in [0.15, 0.2) is 82.1 Å². The summed E-state index contributed by atoms with van der Waals surface area (Å²) in [6.07, 6.45) is 0.989. The van der Waals surface area contributed by atoms with Gasteiger partial charge in [-0.05, 0) is 48.2 Å². The van der Waals surface area contributed by atoms with Crippen LogP contribution in [0, 0.1) is 0 Å². The molecule has 1 aliphatic heterocycles. The normalized spacial score (nSPS) is 19.5. The lowest BCUT2D eigenvalue weighted by Crippen LogP contribution is -2.31. The number of ketones is 1. The fourth-order valence-corrected chi connectivity index (χ4v) is 6.05. The molecule has 0 radical (unpaired) electrons. The molecule has 2 aliphatic rings. The molecule has 1 aliphatic carbocycles. The van der Waals surface area contributed by atoms with E-state index in [9.17, 15) is 14.7 Å². The summed E-state index contributed by atoms with van der Waals surface area (Å²) in [5.74, 6) is -0.174. The molecule has 2 aromatic heterocycles. The number of phenols is 1. The molecule has 0 bridgehead atoms. The predicted octanol–water partition coefficient (Wildman–Crippen LogP) is 5.54. The number of para-hydroxylation sites is 1. The Hall–Kier alpha value is -3.55. The zero-order valence-electron chi connectivity index (χ0n) is 17.9. The number of nitrogens with one attached hydrogen (secondary N) is 2. The highest BCUT2D eigenvalue weighted by molar-refractivity contribution is 7.10. The summed E-state index contributed by atoms with van der Waals surface area (Å²) in [5.41, 5.74) is 2.53. The number of hydrogen-bond donors (Lipinski definition) is 3. The van der Waals surface area contributed by atoms with E-state index in [1.807, 2.05) is 41.8 Å². The number of anilines is 1. The molecule has 6 nitrogen and oxygen atoms in total. The van der Waals surface area contributed by atoms with Crippen molar-refractivity contribution in [2.45, 2.75) is 24.7 Å². The highest BCUT2D eigenvalue weighted by Gasteiger charge is 2.42. The monoisotopic (exact) mass is 489 g/mol. The number of hydrogen-bond acceptors (Lipinski definition) is 5. The first kappa shape index (κ1) is 21.0. The molecule has 0 saturated carbocycles. The van der Waals surface area contributed by atoms with E-state index >= 15 is 0 Å². The van der Waals surface area contributed by atoms with Gasteiger partial charge in [0, 0.05) is 39.1 Å². The van der Waals surface area contributed by atoms with Crippen LogP contribution in [0.2, 0.25) is 5.02 Å². The number of aromatic nitrogens is 2. The Morgan fingerprint density at radius 1 is 1.03 bits per heavy atom. The zero-order valence-corrected chi connectivity index (χ0v) is 19.5. The Labute approximate surface area is 204 Å². The van der Waals surface area contributed by atoms with Crippen molar-refractivity contribution in [1.29, 1.82) is 0 Å². The summed E-state index contributed by atoms with van der Waals surface area (Å²) in [6.45, 7) is 0. The lowest BCUT2D eigenvalue weighted by Gasteiger charge is -2.34. The van der Waals surface area contributed by atoms with E-state index < -0.39 is 5.92 Å². The first-order valence-corrected chi connectivity index (χ1v) is 12.2. The molecule has 0 amide bonds. The second kappa shape index (κ2) is 8.04. The van der Waals surface area contributed by atoms with E-state index in [4.69, 9.17) is 11.6 Å². The Morgan fingerprint density at radius 2 is 1.85 bits per heavy atom. The van der Waals surface area contributed by atoms with Gasteiger partial charge in [-0.15, -0.1) is 11.3 Å². The molecule has 0 spiro atoms. The molecule has 0 fully saturated rings. The molecule has 4 aromatic rings. The van der Waals surface area contributed by atoms with Crippen LogP contribution >= 0.6 is 22.9 Å². The smallest absolute Gasteiger partial charge is 0.277 e. The fraction of sp³-hybridized carbons (Fsp3) is 0.154. The van der Waals surface area contributed by atoms with Gasteiger partial charge in [-0.3, -0.25) is 14.7 Å². The number of halogens is 1. The second-order valence-corrected chi connectivity index (χ2v) is 9.99. The maximum atomic E-state index is 13.7. The summed E-state index contributed by atoms with van der Waals surface area (Å²) >= 11 is 7.93. The van der Waals surface area contributed by atoms with E-state index in [0.29, 0.717) is 46.1 Å². The van der Waals surface area contributed by atoms with Crippen LogP contribution in [0.5, 0.6) is 5.75 Å². The summed E-state index contributed by atoms with van der Waals surface area (Å²) in [5, 5.41) is 19.8. The van der Waals surface area contributed by atoms with E-state index in [-0.39, 0.29) is 23.0 Å². The van der Waals surface area contributed by atoms with Gasteiger partial charge in [0.25, 0.3) is 5.56 Å². The number of H-pyrrole nitrogens is 1. The third kappa shape index (κ3) is 3.31. The molecular weight excluding hydrogens is 470 g/mol. The van der Waals surface area contributed by atoms with E-state index in [0.717, 1.165) is 10.6 Å². The topological polar surface area (TPSA) is 87.1 Å². The Morgan fingerprint density at radius 3 is 2.62 bits per heavy atom. The van der Waals surface area contributed by atoms with Crippen molar-refractivity contribution in [1.82, 2.24) is 9.78 Å². The minimum atomic E-state index is -0.726. The average Bonchev–Trinajstić information content (AvgIpc) is 3.49. The van der Waals surface area contributed by atoms with Crippen molar-refractivity contribution in [3.05, 3.63) is 109 Å². The number of benzene rings is 2. The van der Waals surface area contributed by atoms with Crippen LogP contribution in [-0.2, 0) is 4.79 Å². The molecule has 3 heterocycles. The van der Waals surface area contributed by atoms with Crippen molar-refractivity contribution in [2.75, 3.05) is 5.32 Å². The lowest BCUT2D eigenvalue weighted by molar-refractivity contribution is -0.116. The van der Waals surface area contributed by atoms with Gasteiger partial charge in [0.1, 0.15) is 11.6 Å². The molecule has 0 saturated heterocycles. The van der Waals surface area contributed by atoms with Gasteiger partial charge in [0.05, 0.1) is 17.2 Å². The van der Waals surface area contributed by atoms with Crippen molar-refractivity contribution in [2.24, 2.45) is 0 Å². The number of allylic oxidation sites excluding steroid dienone is 2. The molecule has 170 valence electrons. The van der Waals surface area contributed by atoms with Gasteiger partial charge in [-0.25, -0.2) is 4.68 Å². The van der Waals surface area contributed by atoms with Crippen molar-refractivity contribution in [3.63, 3.8) is 0 Å². The molecule has 0 unspecified atom stereocenters.